The van der Waals surface area contributed by atoms with E-state index in [9.17, 15) is 0 Å². The Morgan fingerprint density at radius 1 is 1.27 bits per heavy atom. The Labute approximate surface area is 107 Å². The maximum Gasteiger partial charge on any atom is 0.147 e. The minimum atomic E-state index is 0.661. The molecule has 4 heteroatoms. The van der Waals surface area contributed by atoms with Crippen LogP contribution in [0.25, 0.3) is 0 Å². The van der Waals surface area contributed by atoms with Crippen molar-refractivity contribution in [1.29, 1.82) is 0 Å². The molecule has 0 radical (unpaired) electrons. The van der Waals surface area contributed by atoms with Gasteiger partial charge in [0, 0.05) is 0 Å². The van der Waals surface area contributed by atoms with Crippen LogP contribution in [0.5, 0.6) is 5.75 Å². The molecule has 0 aliphatic rings. The molecule has 0 heterocycles. The van der Waals surface area contributed by atoms with Gasteiger partial charge in [0.1, 0.15) is 5.75 Å². The number of ether oxygens (including phenoxy) is 1. The second kappa shape index (κ2) is 6.51. The first kappa shape index (κ1) is 13.0. The van der Waals surface area contributed by atoms with Crippen molar-refractivity contribution in [2.45, 2.75) is 19.8 Å². The molecule has 1 aromatic rings. The molecule has 1 aromatic carbocycles. The van der Waals surface area contributed by atoms with Crippen LogP contribution in [0.2, 0.25) is 0 Å². The zero-order valence-corrected chi connectivity index (χ0v) is 11.9. The third-order valence-corrected chi connectivity index (χ3v) is 3.12. The van der Waals surface area contributed by atoms with E-state index in [0.29, 0.717) is 6.54 Å². The van der Waals surface area contributed by atoms with Gasteiger partial charge in [-0.05, 0) is 68.9 Å². The fourth-order valence-electron chi connectivity index (χ4n) is 1.27. The number of nitrogens with two attached hydrogens (primary N) is 1. The van der Waals surface area contributed by atoms with Crippen molar-refractivity contribution in [1.82, 2.24) is 0 Å². The maximum atomic E-state index is 5.62. The summed E-state index contributed by atoms with van der Waals surface area (Å²) in [5, 5.41) is 0. The molecule has 0 atom stereocenters. The molecule has 0 bridgehead atoms. The Morgan fingerprint density at radius 3 is 2.33 bits per heavy atom. The van der Waals surface area contributed by atoms with Crippen LogP contribution in [0.3, 0.4) is 0 Å². The van der Waals surface area contributed by atoms with Crippen molar-refractivity contribution in [3.63, 3.8) is 0 Å². The number of rotatable bonds is 5. The second-order valence-corrected chi connectivity index (χ2v) is 4.98. The summed E-state index contributed by atoms with van der Waals surface area (Å²) in [5.41, 5.74) is 6.73. The van der Waals surface area contributed by atoms with Crippen LogP contribution in [0.1, 0.15) is 18.9 Å². The summed E-state index contributed by atoms with van der Waals surface area (Å²) in [5.74, 6) is 0.873. The van der Waals surface area contributed by atoms with Gasteiger partial charge in [-0.2, -0.15) is 0 Å². The first-order valence-corrected chi connectivity index (χ1v) is 6.58. The highest BCUT2D eigenvalue weighted by atomic mass is 79.9. The monoisotopic (exact) mass is 335 g/mol. The molecule has 2 N–H and O–H groups in total. The van der Waals surface area contributed by atoms with Crippen LogP contribution in [0.15, 0.2) is 21.1 Å². The molecule has 15 heavy (non-hydrogen) atoms. The summed E-state index contributed by atoms with van der Waals surface area (Å²) in [6, 6.07) is 4.12. The molecular formula is C11H15Br2NO. The van der Waals surface area contributed by atoms with Gasteiger partial charge >= 0.3 is 0 Å². The normalized spacial score (nSPS) is 10.4. The average molecular weight is 337 g/mol. The van der Waals surface area contributed by atoms with Crippen LogP contribution in [0.4, 0.5) is 0 Å². The van der Waals surface area contributed by atoms with Gasteiger partial charge in [0.05, 0.1) is 15.6 Å². The van der Waals surface area contributed by atoms with E-state index in [0.717, 1.165) is 34.1 Å². The quantitative estimate of drug-likeness (QED) is 0.893. The number of halogens is 2. The van der Waals surface area contributed by atoms with E-state index < -0.39 is 0 Å². The van der Waals surface area contributed by atoms with E-state index >= 15 is 0 Å². The minimum Gasteiger partial charge on any atom is -0.491 e. The third-order valence-electron chi connectivity index (χ3n) is 1.94. The highest BCUT2D eigenvalue weighted by Crippen LogP contribution is 2.34. The largest absolute Gasteiger partial charge is 0.491 e. The predicted octanol–water partition coefficient (Wildman–Crippen LogP) is 3.50. The predicted molar refractivity (Wildman–Crippen MR) is 70.4 cm³/mol. The van der Waals surface area contributed by atoms with Crippen molar-refractivity contribution in [3.05, 3.63) is 26.6 Å². The minimum absolute atomic E-state index is 0.661. The summed E-state index contributed by atoms with van der Waals surface area (Å²) in [6.07, 6.45) is 1.88. The molecule has 0 unspecified atom stereocenters. The summed E-state index contributed by atoms with van der Waals surface area (Å²) < 4.78 is 7.59. The summed E-state index contributed by atoms with van der Waals surface area (Å²) in [4.78, 5) is 0. The van der Waals surface area contributed by atoms with Gasteiger partial charge in [-0.15, -0.1) is 0 Å². The average Bonchev–Trinajstić information content (AvgIpc) is 2.17. The fraction of sp³-hybridized carbons (Fsp3) is 0.455. The van der Waals surface area contributed by atoms with Crippen LogP contribution < -0.4 is 10.5 Å². The Morgan fingerprint density at radius 2 is 1.87 bits per heavy atom. The third kappa shape index (κ3) is 3.78. The zero-order chi connectivity index (χ0) is 11.3. The SMILES string of the molecule is CCCOc1c(Br)cc(CCN)cc1Br. The van der Waals surface area contributed by atoms with E-state index in [-0.39, 0.29) is 0 Å². The lowest BCUT2D eigenvalue weighted by molar-refractivity contribution is 0.313. The first-order valence-electron chi connectivity index (χ1n) is 4.99. The molecule has 0 aliphatic carbocycles. The van der Waals surface area contributed by atoms with Crippen molar-refractivity contribution < 1.29 is 4.74 Å². The van der Waals surface area contributed by atoms with E-state index in [4.69, 9.17) is 10.5 Å². The molecule has 0 aliphatic heterocycles. The highest BCUT2D eigenvalue weighted by molar-refractivity contribution is 9.11. The molecule has 0 fully saturated rings. The molecule has 1 rings (SSSR count). The van der Waals surface area contributed by atoms with Gasteiger partial charge in [0.25, 0.3) is 0 Å². The van der Waals surface area contributed by atoms with E-state index in [1.807, 2.05) is 0 Å². The van der Waals surface area contributed by atoms with Crippen molar-refractivity contribution in [3.8, 4) is 5.75 Å². The molecule has 0 amide bonds. The van der Waals surface area contributed by atoms with Crippen molar-refractivity contribution in [2.75, 3.05) is 13.2 Å². The van der Waals surface area contributed by atoms with Gasteiger partial charge in [-0.3, -0.25) is 0 Å². The fourth-order valence-corrected chi connectivity index (χ4v) is 2.78. The molecule has 0 saturated heterocycles. The van der Waals surface area contributed by atoms with Crippen LogP contribution in [0, 0.1) is 0 Å². The summed E-state index contributed by atoms with van der Waals surface area (Å²) in [6.45, 7) is 3.48. The molecule has 2 nitrogen and oxygen atoms in total. The lowest BCUT2D eigenvalue weighted by Gasteiger charge is -2.11. The van der Waals surface area contributed by atoms with Crippen LogP contribution >= 0.6 is 31.9 Å². The summed E-state index contributed by atoms with van der Waals surface area (Å²) >= 11 is 7.00. The van der Waals surface area contributed by atoms with Gasteiger partial charge in [-0.1, -0.05) is 6.92 Å². The Hall–Kier alpha value is -0.0600. The van der Waals surface area contributed by atoms with Gasteiger partial charge in [-0.25, -0.2) is 0 Å². The molecule has 0 aromatic heterocycles. The standard InChI is InChI=1S/C11H15Br2NO/c1-2-5-15-11-9(12)6-8(3-4-14)7-10(11)13/h6-7H,2-5,14H2,1H3. The topological polar surface area (TPSA) is 35.2 Å². The summed E-state index contributed by atoms with van der Waals surface area (Å²) in [7, 11) is 0. The maximum absolute atomic E-state index is 5.62. The van der Waals surface area contributed by atoms with Crippen molar-refractivity contribution >= 4 is 31.9 Å². The van der Waals surface area contributed by atoms with Crippen LogP contribution in [-0.4, -0.2) is 13.2 Å². The first-order chi connectivity index (χ1) is 7.19. The molecule has 84 valence electrons. The number of hydrogen-bond donors (Lipinski definition) is 1. The highest BCUT2D eigenvalue weighted by Gasteiger charge is 2.08. The van der Waals surface area contributed by atoms with Crippen LogP contribution in [-0.2, 0) is 6.42 Å². The number of hydrogen-bond acceptors (Lipinski definition) is 2. The second-order valence-electron chi connectivity index (χ2n) is 3.28. The number of benzene rings is 1. The Bertz CT molecular complexity index is 305. The Balaban J connectivity index is 2.88. The smallest absolute Gasteiger partial charge is 0.147 e. The zero-order valence-electron chi connectivity index (χ0n) is 8.72. The lowest BCUT2D eigenvalue weighted by atomic mass is 10.1. The van der Waals surface area contributed by atoms with E-state index in [1.165, 1.54) is 5.56 Å². The van der Waals surface area contributed by atoms with E-state index in [1.54, 1.807) is 0 Å². The van der Waals surface area contributed by atoms with Gasteiger partial charge in [0.15, 0.2) is 0 Å². The Kier molecular flexibility index (Phi) is 5.64. The van der Waals surface area contributed by atoms with E-state index in [2.05, 4.69) is 50.9 Å². The van der Waals surface area contributed by atoms with Gasteiger partial charge < -0.3 is 10.5 Å². The lowest BCUT2D eigenvalue weighted by Crippen LogP contribution is -2.03. The van der Waals surface area contributed by atoms with Crippen molar-refractivity contribution in [2.24, 2.45) is 5.73 Å². The molecular weight excluding hydrogens is 322 g/mol. The molecule has 0 saturated carbocycles. The molecule has 0 spiro atoms. The van der Waals surface area contributed by atoms with Gasteiger partial charge in [0.2, 0.25) is 0 Å².